The lowest BCUT2D eigenvalue weighted by atomic mass is 9.95. The van der Waals surface area contributed by atoms with Crippen molar-refractivity contribution >= 4 is 13.3 Å². The molecule has 0 bridgehead atoms. The summed E-state index contributed by atoms with van der Waals surface area (Å²) in [5, 5.41) is 0. The van der Waals surface area contributed by atoms with E-state index in [1.165, 1.54) is 0 Å². The summed E-state index contributed by atoms with van der Waals surface area (Å²) in [4.78, 5) is 7.14. The molecule has 1 heterocycles. The van der Waals surface area contributed by atoms with Crippen LogP contribution in [0.3, 0.4) is 0 Å². The number of imidazole rings is 1. The SMILES string of the molecule is [B]c1ccc(-c2ncc[nH]2)cc1. The molecular formula is C9H7BN2. The number of rotatable bonds is 1. The molecule has 1 aromatic carbocycles. The van der Waals surface area contributed by atoms with Crippen molar-refractivity contribution in [1.82, 2.24) is 9.97 Å². The van der Waals surface area contributed by atoms with Crippen molar-refractivity contribution in [3.63, 3.8) is 0 Å². The minimum atomic E-state index is 0.769. The van der Waals surface area contributed by atoms with Gasteiger partial charge in [0.05, 0.1) is 0 Å². The van der Waals surface area contributed by atoms with Gasteiger partial charge < -0.3 is 4.98 Å². The molecule has 3 heteroatoms. The molecule has 0 aliphatic heterocycles. The first kappa shape index (κ1) is 7.16. The minimum Gasteiger partial charge on any atom is -0.345 e. The van der Waals surface area contributed by atoms with Crippen LogP contribution in [0, 0.1) is 0 Å². The van der Waals surface area contributed by atoms with Crippen LogP contribution >= 0.6 is 0 Å². The van der Waals surface area contributed by atoms with Gasteiger partial charge in [-0.05, 0) is 0 Å². The van der Waals surface area contributed by atoms with Gasteiger partial charge in [0.15, 0.2) is 0 Å². The Balaban J connectivity index is 2.43. The first-order valence-electron chi connectivity index (χ1n) is 3.71. The molecule has 0 aliphatic rings. The molecule has 12 heavy (non-hydrogen) atoms. The zero-order valence-corrected chi connectivity index (χ0v) is 6.49. The van der Waals surface area contributed by atoms with Crippen LogP contribution in [0.2, 0.25) is 0 Å². The third kappa shape index (κ3) is 1.26. The van der Waals surface area contributed by atoms with Crippen molar-refractivity contribution < 1.29 is 0 Å². The maximum atomic E-state index is 5.55. The molecule has 2 radical (unpaired) electrons. The Kier molecular flexibility index (Phi) is 1.70. The van der Waals surface area contributed by atoms with Gasteiger partial charge in [-0.25, -0.2) is 4.98 Å². The highest BCUT2D eigenvalue weighted by atomic mass is 14.9. The van der Waals surface area contributed by atoms with E-state index in [-0.39, 0.29) is 0 Å². The lowest BCUT2D eigenvalue weighted by Crippen LogP contribution is -1.99. The highest BCUT2D eigenvalue weighted by molar-refractivity contribution is 6.32. The second-order valence-electron chi connectivity index (χ2n) is 2.56. The minimum absolute atomic E-state index is 0.769. The maximum Gasteiger partial charge on any atom is 0.137 e. The molecule has 0 saturated carbocycles. The predicted octanol–water partition coefficient (Wildman–Crippen LogP) is 0.870. The zero-order valence-electron chi connectivity index (χ0n) is 6.49. The van der Waals surface area contributed by atoms with Crippen molar-refractivity contribution in [2.45, 2.75) is 0 Å². The fraction of sp³-hybridized carbons (Fsp3) is 0. The van der Waals surface area contributed by atoms with Crippen LogP contribution in [0.15, 0.2) is 36.7 Å². The van der Waals surface area contributed by atoms with Gasteiger partial charge in [-0.1, -0.05) is 29.7 Å². The molecule has 0 amide bonds. The first-order valence-corrected chi connectivity index (χ1v) is 3.71. The average molecular weight is 154 g/mol. The lowest BCUT2D eigenvalue weighted by Gasteiger charge is -1.96. The molecule has 2 rings (SSSR count). The number of aromatic nitrogens is 2. The molecule has 2 nitrogen and oxygen atoms in total. The Labute approximate surface area is 72.1 Å². The van der Waals surface area contributed by atoms with Gasteiger partial charge >= 0.3 is 0 Å². The Morgan fingerprint density at radius 1 is 1.17 bits per heavy atom. The smallest absolute Gasteiger partial charge is 0.137 e. The van der Waals surface area contributed by atoms with E-state index in [9.17, 15) is 0 Å². The van der Waals surface area contributed by atoms with Crippen LogP contribution in [0.25, 0.3) is 11.4 Å². The van der Waals surface area contributed by atoms with Crippen molar-refractivity contribution in [1.29, 1.82) is 0 Å². The summed E-state index contributed by atoms with van der Waals surface area (Å²) in [5.74, 6) is 0.870. The van der Waals surface area contributed by atoms with E-state index in [2.05, 4.69) is 9.97 Å². The molecular weight excluding hydrogens is 147 g/mol. The molecule has 0 atom stereocenters. The number of hydrogen-bond donors (Lipinski definition) is 1. The summed E-state index contributed by atoms with van der Waals surface area (Å²) in [5.41, 5.74) is 1.82. The van der Waals surface area contributed by atoms with Crippen molar-refractivity contribution in [2.75, 3.05) is 0 Å². The quantitative estimate of drug-likeness (QED) is 0.606. The molecule has 0 unspecified atom stereocenters. The second-order valence-corrected chi connectivity index (χ2v) is 2.56. The molecule has 2 aromatic rings. The van der Waals surface area contributed by atoms with Gasteiger partial charge in [0, 0.05) is 18.0 Å². The summed E-state index contributed by atoms with van der Waals surface area (Å²) in [6.45, 7) is 0. The van der Waals surface area contributed by atoms with E-state index in [1.807, 2.05) is 24.3 Å². The van der Waals surface area contributed by atoms with Gasteiger partial charge in [-0.15, -0.1) is 0 Å². The van der Waals surface area contributed by atoms with Gasteiger partial charge in [0.25, 0.3) is 0 Å². The van der Waals surface area contributed by atoms with Gasteiger partial charge in [0.2, 0.25) is 0 Å². The summed E-state index contributed by atoms with van der Waals surface area (Å²) in [6.07, 6.45) is 3.53. The van der Waals surface area contributed by atoms with Crippen LogP contribution in [0.4, 0.5) is 0 Å². The highest BCUT2D eigenvalue weighted by Gasteiger charge is 1.96. The van der Waals surface area contributed by atoms with Gasteiger partial charge in [0.1, 0.15) is 13.7 Å². The van der Waals surface area contributed by atoms with Crippen LogP contribution in [0.5, 0.6) is 0 Å². The predicted molar refractivity (Wildman–Crippen MR) is 49.4 cm³/mol. The first-order chi connectivity index (χ1) is 5.86. The highest BCUT2D eigenvalue weighted by Crippen LogP contribution is 2.11. The van der Waals surface area contributed by atoms with Crippen LogP contribution in [-0.4, -0.2) is 17.8 Å². The second kappa shape index (κ2) is 2.85. The Morgan fingerprint density at radius 3 is 2.50 bits per heavy atom. The monoisotopic (exact) mass is 154 g/mol. The average Bonchev–Trinajstić information content (AvgIpc) is 2.58. The Hall–Kier alpha value is -1.51. The maximum absolute atomic E-state index is 5.55. The normalized spacial score (nSPS) is 10.0. The summed E-state index contributed by atoms with van der Waals surface area (Å²) >= 11 is 0. The van der Waals surface area contributed by atoms with Crippen molar-refractivity contribution in [3.05, 3.63) is 36.7 Å². The van der Waals surface area contributed by atoms with Gasteiger partial charge in [-0.3, -0.25) is 0 Å². The van der Waals surface area contributed by atoms with E-state index in [0.29, 0.717) is 0 Å². The number of H-pyrrole nitrogens is 1. The molecule has 1 aromatic heterocycles. The van der Waals surface area contributed by atoms with E-state index < -0.39 is 0 Å². The van der Waals surface area contributed by atoms with Crippen LogP contribution < -0.4 is 5.46 Å². The fourth-order valence-electron chi connectivity index (χ4n) is 1.06. The van der Waals surface area contributed by atoms with Crippen LogP contribution in [0.1, 0.15) is 0 Å². The third-order valence-electron chi connectivity index (χ3n) is 1.68. The summed E-state index contributed by atoms with van der Waals surface area (Å²) < 4.78 is 0. The molecule has 0 saturated heterocycles. The number of nitrogens with zero attached hydrogens (tertiary/aromatic N) is 1. The molecule has 56 valence electrons. The Bertz CT molecular complexity index is 351. The zero-order chi connectivity index (χ0) is 8.39. The largest absolute Gasteiger partial charge is 0.345 e. The summed E-state index contributed by atoms with van der Waals surface area (Å²) in [6, 6.07) is 7.60. The van der Waals surface area contributed by atoms with Crippen molar-refractivity contribution in [3.8, 4) is 11.4 Å². The molecule has 0 aliphatic carbocycles. The van der Waals surface area contributed by atoms with E-state index in [4.69, 9.17) is 7.85 Å². The van der Waals surface area contributed by atoms with Crippen molar-refractivity contribution in [2.24, 2.45) is 0 Å². The standard InChI is InChI=1S/C9H7BN2/c10-8-3-1-7(2-4-8)9-11-5-6-12-9/h1-6H,(H,11,12). The topological polar surface area (TPSA) is 28.7 Å². The van der Waals surface area contributed by atoms with E-state index in [1.54, 1.807) is 12.4 Å². The van der Waals surface area contributed by atoms with E-state index in [0.717, 1.165) is 16.9 Å². The molecule has 0 fully saturated rings. The van der Waals surface area contributed by atoms with Crippen LogP contribution in [-0.2, 0) is 0 Å². The van der Waals surface area contributed by atoms with E-state index >= 15 is 0 Å². The number of hydrogen-bond acceptors (Lipinski definition) is 1. The third-order valence-corrected chi connectivity index (χ3v) is 1.68. The molecule has 1 N–H and O–H groups in total. The number of aromatic amines is 1. The number of nitrogens with one attached hydrogen (secondary N) is 1. The lowest BCUT2D eigenvalue weighted by molar-refractivity contribution is 1.31. The number of benzene rings is 1. The fourth-order valence-corrected chi connectivity index (χ4v) is 1.06. The molecule has 0 spiro atoms. The van der Waals surface area contributed by atoms with Gasteiger partial charge in [-0.2, -0.15) is 0 Å². The summed E-state index contributed by atoms with van der Waals surface area (Å²) in [7, 11) is 5.55. The Morgan fingerprint density at radius 2 is 1.92 bits per heavy atom.